The maximum Gasteiger partial charge on any atom is 0.178 e. The van der Waals surface area contributed by atoms with Crippen molar-refractivity contribution in [2.24, 2.45) is 7.05 Å². The number of likely N-dealkylation sites (N-methyl/N-ethyl adjacent to an activating group) is 1. The Bertz CT molecular complexity index is 376. The topological polar surface area (TPSA) is 25.2 Å². The molecule has 1 aromatic rings. The van der Waals surface area contributed by atoms with Gasteiger partial charge in [-0.15, -0.1) is 0 Å². The van der Waals surface area contributed by atoms with Gasteiger partial charge in [0.1, 0.15) is 0 Å². The van der Waals surface area contributed by atoms with E-state index in [9.17, 15) is 4.79 Å². The normalized spacial score (nSPS) is 11.1. The molecule has 90 valence electrons. The van der Waals surface area contributed by atoms with E-state index in [-0.39, 0.29) is 5.78 Å². The number of rotatable bonds is 5. The molecular formula is C13H22N2O. The summed E-state index contributed by atoms with van der Waals surface area (Å²) < 4.78 is 2.06. The first-order valence-electron chi connectivity index (χ1n) is 5.89. The number of Topliss-reactive ketones (excluding diaryl/α,β-unsaturated/α-hetero) is 1. The van der Waals surface area contributed by atoms with E-state index in [4.69, 9.17) is 0 Å². The van der Waals surface area contributed by atoms with Crippen molar-refractivity contribution in [1.82, 2.24) is 9.47 Å². The van der Waals surface area contributed by atoms with Gasteiger partial charge in [0.05, 0.1) is 6.54 Å². The van der Waals surface area contributed by atoms with Gasteiger partial charge in [0.25, 0.3) is 0 Å². The summed E-state index contributed by atoms with van der Waals surface area (Å²) in [7, 11) is 2.00. The Kier molecular flexibility index (Phi) is 4.30. The predicted molar refractivity (Wildman–Crippen MR) is 67.0 cm³/mol. The van der Waals surface area contributed by atoms with Gasteiger partial charge in [-0.2, -0.15) is 0 Å². The summed E-state index contributed by atoms with van der Waals surface area (Å²) in [5.74, 6) is 0.227. The lowest BCUT2D eigenvalue weighted by molar-refractivity contribution is 0.0936. The molecule has 0 fully saturated rings. The van der Waals surface area contributed by atoms with Crippen molar-refractivity contribution in [3.63, 3.8) is 0 Å². The van der Waals surface area contributed by atoms with Gasteiger partial charge in [-0.25, -0.2) is 0 Å². The molecule has 1 heterocycles. The van der Waals surface area contributed by atoms with Gasteiger partial charge in [0.15, 0.2) is 5.78 Å². The van der Waals surface area contributed by atoms with Crippen molar-refractivity contribution in [2.45, 2.75) is 27.7 Å². The lowest BCUT2D eigenvalue weighted by Crippen LogP contribution is -2.29. The van der Waals surface area contributed by atoms with Crippen molar-refractivity contribution in [3.8, 4) is 0 Å². The fourth-order valence-corrected chi connectivity index (χ4v) is 1.87. The van der Waals surface area contributed by atoms with Gasteiger partial charge in [-0.1, -0.05) is 13.8 Å². The molecule has 0 unspecified atom stereocenters. The van der Waals surface area contributed by atoms with Crippen LogP contribution in [0.3, 0.4) is 0 Å². The maximum atomic E-state index is 12.1. The monoisotopic (exact) mass is 222 g/mol. The second-order valence-corrected chi connectivity index (χ2v) is 4.23. The maximum absolute atomic E-state index is 12.1. The molecule has 0 bridgehead atoms. The summed E-state index contributed by atoms with van der Waals surface area (Å²) in [5.41, 5.74) is 3.07. The Labute approximate surface area is 98.1 Å². The first kappa shape index (κ1) is 13.0. The van der Waals surface area contributed by atoms with E-state index in [1.165, 1.54) is 0 Å². The van der Waals surface area contributed by atoms with Crippen LogP contribution in [0.4, 0.5) is 0 Å². The molecular weight excluding hydrogens is 200 g/mol. The smallest absolute Gasteiger partial charge is 0.178 e. The van der Waals surface area contributed by atoms with E-state index in [1.807, 2.05) is 27.0 Å². The molecule has 3 heteroatoms. The average molecular weight is 222 g/mol. The number of hydrogen-bond acceptors (Lipinski definition) is 2. The Hall–Kier alpha value is -1.09. The summed E-state index contributed by atoms with van der Waals surface area (Å²) in [6.07, 6.45) is 0. The first-order valence-corrected chi connectivity index (χ1v) is 5.89. The van der Waals surface area contributed by atoms with Crippen LogP contribution < -0.4 is 0 Å². The largest absolute Gasteiger partial charge is 0.351 e. The SMILES string of the molecule is CCN(CC)CC(=O)c1cc(C)n(C)c1C. The van der Waals surface area contributed by atoms with Crippen LogP contribution in [0.2, 0.25) is 0 Å². The van der Waals surface area contributed by atoms with Crippen LogP contribution in [-0.2, 0) is 7.05 Å². The summed E-state index contributed by atoms with van der Waals surface area (Å²) >= 11 is 0. The van der Waals surface area contributed by atoms with Crippen LogP contribution in [0.25, 0.3) is 0 Å². The second-order valence-electron chi connectivity index (χ2n) is 4.23. The molecule has 0 aromatic carbocycles. The summed E-state index contributed by atoms with van der Waals surface area (Å²) in [6, 6.07) is 1.99. The fourth-order valence-electron chi connectivity index (χ4n) is 1.87. The molecule has 16 heavy (non-hydrogen) atoms. The molecule has 3 nitrogen and oxygen atoms in total. The molecule has 0 saturated heterocycles. The summed E-state index contributed by atoms with van der Waals surface area (Å²) in [4.78, 5) is 14.2. The number of aromatic nitrogens is 1. The quantitative estimate of drug-likeness (QED) is 0.713. The molecule has 0 amide bonds. The van der Waals surface area contributed by atoms with Crippen LogP contribution in [0, 0.1) is 13.8 Å². The molecule has 0 aliphatic rings. The minimum atomic E-state index is 0.227. The number of hydrogen-bond donors (Lipinski definition) is 0. The molecule has 0 radical (unpaired) electrons. The highest BCUT2D eigenvalue weighted by atomic mass is 16.1. The number of ketones is 1. The van der Waals surface area contributed by atoms with Crippen molar-refractivity contribution < 1.29 is 4.79 Å². The van der Waals surface area contributed by atoms with Crippen LogP contribution in [0.5, 0.6) is 0 Å². The van der Waals surface area contributed by atoms with Crippen LogP contribution in [0.15, 0.2) is 6.07 Å². The zero-order chi connectivity index (χ0) is 12.3. The Balaban J connectivity index is 2.84. The lowest BCUT2D eigenvalue weighted by Gasteiger charge is -2.16. The fraction of sp³-hybridized carbons (Fsp3) is 0.615. The van der Waals surface area contributed by atoms with E-state index >= 15 is 0 Å². The number of carbonyl (C=O) groups is 1. The van der Waals surface area contributed by atoms with Crippen LogP contribution >= 0.6 is 0 Å². The molecule has 0 atom stereocenters. The van der Waals surface area contributed by atoms with E-state index in [2.05, 4.69) is 23.3 Å². The molecule has 1 rings (SSSR count). The zero-order valence-corrected chi connectivity index (χ0v) is 11.0. The van der Waals surface area contributed by atoms with Crippen LogP contribution in [0.1, 0.15) is 35.6 Å². The Morgan fingerprint density at radius 3 is 2.25 bits per heavy atom. The minimum Gasteiger partial charge on any atom is -0.351 e. The van der Waals surface area contributed by atoms with Crippen LogP contribution in [-0.4, -0.2) is 34.9 Å². The van der Waals surface area contributed by atoms with E-state index in [1.54, 1.807) is 0 Å². The van der Waals surface area contributed by atoms with Gasteiger partial charge < -0.3 is 4.57 Å². The average Bonchev–Trinajstić information content (AvgIpc) is 2.53. The van der Waals surface area contributed by atoms with Gasteiger partial charge in [-0.3, -0.25) is 9.69 Å². The Morgan fingerprint density at radius 1 is 1.31 bits per heavy atom. The van der Waals surface area contributed by atoms with Crippen molar-refractivity contribution in [3.05, 3.63) is 23.0 Å². The van der Waals surface area contributed by atoms with Crippen molar-refractivity contribution in [2.75, 3.05) is 19.6 Å². The van der Waals surface area contributed by atoms with E-state index in [0.29, 0.717) is 6.54 Å². The molecule has 0 aliphatic carbocycles. The first-order chi connectivity index (χ1) is 7.51. The highest BCUT2D eigenvalue weighted by Gasteiger charge is 2.15. The van der Waals surface area contributed by atoms with Gasteiger partial charge >= 0.3 is 0 Å². The zero-order valence-electron chi connectivity index (χ0n) is 11.0. The molecule has 0 aliphatic heterocycles. The van der Waals surface area contributed by atoms with E-state index < -0.39 is 0 Å². The standard InChI is InChI=1S/C13H22N2O/c1-6-15(7-2)9-13(16)12-8-10(3)14(5)11(12)4/h8H,6-7,9H2,1-5H3. The van der Waals surface area contributed by atoms with Gasteiger partial charge in [0.2, 0.25) is 0 Å². The molecule has 0 spiro atoms. The number of carbonyl (C=O) groups excluding carboxylic acids is 1. The molecule has 0 N–H and O–H groups in total. The predicted octanol–water partition coefficient (Wildman–Crippen LogP) is 2.17. The van der Waals surface area contributed by atoms with E-state index in [0.717, 1.165) is 30.0 Å². The second kappa shape index (κ2) is 5.30. The van der Waals surface area contributed by atoms with Crippen molar-refractivity contribution >= 4 is 5.78 Å². The highest BCUT2D eigenvalue weighted by molar-refractivity contribution is 5.99. The molecule has 0 saturated carbocycles. The molecule has 1 aromatic heterocycles. The lowest BCUT2D eigenvalue weighted by atomic mass is 10.1. The third kappa shape index (κ3) is 2.53. The van der Waals surface area contributed by atoms with Gasteiger partial charge in [-0.05, 0) is 33.0 Å². The number of aryl methyl sites for hydroxylation is 1. The van der Waals surface area contributed by atoms with Crippen molar-refractivity contribution in [1.29, 1.82) is 0 Å². The summed E-state index contributed by atoms with van der Waals surface area (Å²) in [6.45, 7) is 10.6. The van der Waals surface area contributed by atoms with Gasteiger partial charge in [0, 0.05) is 24.0 Å². The highest BCUT2D eigenvalue weighted by Crippen LogP contribution is 2.14. The minimum absolute atomic E-state index is 0.227. The Morgan fingerprint density at radius 2 is 1.88 bits per heavy atom. The third-order valence-electron chi connectivity index (χ3n) is 3.34. The summed E-state index contributed by atoms with van der Waals surface area (Å²) in [5, 5.41) is 0. The third-order valence-corrected chi connectivity index (χ3v) is 3.34. The number of nitrogens with zero attached hydrogens (tertiary/aromatic N) is 2.